The van der Waals surface area contributed by atoms with Crippen molar-refractivity contribution in [1.82, 2.24) is 5.32 Å². The fourth-order valence-corrected chi connectivity index (χ4v) is 2.44. The molecule has 0 unspecified atom stereocenters. The molecule has 0 amide bonds. The lowest BCUT2D eigenvalue weighted by Gasteiger charge is -2.06. The maximum atomic E-state index is 8.70. The summed E-state index contributed by atoms with van der Waals surface area (Å²) in [5.41, 5.74) is 0. The van der Waals surface area contributed by atoms with Crippen molar-refractivity contribution in [1.29, 1.82) is 0 Å². The predicted octanol–water partition coefficient (Wildman–Crippen LogP) is 3.98. The molecular formula is C17H37NO2. The molecule has 0 radical (unpaired) electrons. The molecule has 0 rings (SSSR count). The van der Waals surface area contributed by atoms with Gasteiger partial charge in [-0.2, -0.15) is 0 Å². The molecule has 122 valence electrons. The lowest BCUT2D eigenvalue weighted by Crippen LogP contribution is -2.16. The highest BCUT2D eigenvalue weighted by Crippen LogP contribution is 2.09. The van der Waals surface area contributed by atoms with Crippen LogP contribution in [0.4, 0.5) is 0 Å². The van der Waals surface area contributed by atoms with Gasteiger partial charge >= 0.3 is 0 Å². The molecule has 0 aromatic rings. The molecule has 3 heteroatoms. The largest absolute Gasteiger partial charge is 0.368 e. The van der Waals surface area contributed by atoms with Crippen LogP contribution in [-0.2, 0) is 0 Å². The third-order valence-corrected chi connectivity index (χ3v) is 3.77. The van der Waals surface area contributed by atoms with Gasteiger partial charge in [0.25, 0.3) is 0 Å². The van der Waals surface area contributed by atoms with Crippen LogP contribution in [0.15, 0.2) is 0 Å². The van der Waals surface area contributed by atoms with E-state index in [1.165, 1.54) is 57.8 Å². The summed E-state index contributed by atoms with van der Waals surface area (Å²) in [6.45, 7) is 4.47. The molecule has 0 fully saturated rings. The van der Waals surface area contributed by atoms with E-state index in [1.807, 2.05) is 0 Å². The van der Waals surface area contributed by atoms with Gasteiger partial charge < -0.3 is 15.5 Å². The molecule has 0 aromatic heterocycles. The minimum Gasteiger partial charge on any atom is -0.368 e. The molecule has 20 heavy (non-hydrogen) atoms. The minimum absolute atomic E-state index is 0.512. The number of rotatable bonds is 16. The molecule has 3 nitrogen and oxygen atoms in total. The first-order valence-corrected chi connectivity index (χ1v) is 8.84. The molecule has 3 N–H and O–H groups in total. The van der Waals surface area contributed by atoms with E-state index in [0.29, 0.717) is 6.42 Å². The van der Waals surface area contributed by atoms with Crippen molar-refractivity contribution in [3.63, 3.8) is 0 Å². The van der Waals surface area contributed by atoms with Crippen molar-refractivity contribution in [2.24, 2.45) is 0 Å². The highest BCUT2D eigenvalue weighted by molar-refractivity contribution is 4.52. The quantitative estimate of drug-likeness (QED) is 0.297. The Hall–Kier alpha value is -0.120. The van der Waals surface area contributed by atoms with Crippen LogP contribution in [0.25, 0.3) is 0 Å². The summed E-state index contributed by atoms with van der Waals surface area (Å²) >= 11 is 0. The predicted molar refractivity (Wildman–Crippen MR) is 86.8 cm³/mol. The number of hydrogen-bond acceptors (Lipinski definition) is 3. The fourth-order valence-electron chi connectivity index (χ4n) is 2.44. The Bertz CT molecular complexity index is 174. The van der Waals surface area contributed by atoms with E-state index in [4.69, 9.17) is 10.2 Å². The Morgan fingerprint density at radius 3 is 1.60 bits per heavy atom. The first-order chi connectivity index (χ1) is 9.77. The van der Waals surface area contributed by atoms with Gasteiger partial charge in [-0.3, -0.25) is 0 Å². The Balaban J connectivity index is 2.92. The molecule has 0 aromatic carbocycles. The Morgan fingerprint density at radius 2 is 1.10 bits per heavy atom. The fraction of sp³-hybridized carbons (Fsp3) is 1.00. The topological polar surface area (TPSA) is 52.5 Å². The molecule has 0 atom stereocenters. The third kappa shape index (κ3) is 17.9. The maximum Gasteiger partial charge on any atom is 0.151 e. The van der Waals surface area contributed by atoms with Gasteiger partial charge in [-0.25, -0.2) is 0 Å². The van der Waals surface area contributed by atoms with Gasteiger partial charge in [0, 0.05) is 0 Å². The van der Waals surface area contributed by atoms with Crippen molar-refractivity contribution in [3.8, 4) is 0 Å². The van der Waals surface area contributed by atoms with Gasteiger partial charge in [0.05, 0.1) is 0 Å². The van der Waals surface area contributed by atoms with Gasteiger partial charge in [-0.05, 0) is 38.8 Å². The summed E-state index contributed by atoms with van der Waals surface area (Å²) in [5, 5.41) is 20.9. The van der Waals surface area contributed by atoms with Crippen LogP contribution in [-0.4, -0.2) is 29.6 Å². The van der Waals surface area contributed by atoms with E-state index >= 15 is 0 Å². The molecule has 0 bridgehead atoms. The molecule has 0 aliphatic heterocycles. The lowest BCUT2D eigenvalue weighted by molar-refractivity contribution is -0.0465. The highest BCUT2D eigenvalue weighted by Gasteiger charge is 1.96. The number of aliphatic hydroxyl groups is 2. The number of aliphatic hydroxyl groups excluding tert-OH is 1. The van der Waals surface area contributed by atoms with Crippen LogP contribution >= 0.6 is 0 Å². The maximum absolute atomic E-state index is 8.70. The number of unbranched alkanes of at least 4 members (excludes halogenated alkanes) is 10. The lowest BCUT2D eigenvalue weighted by atomic mass is 10.1. The highest BCUT2D eigenvalue weighted by atomic mass is 16.5. The van der Waals surface area contributed by atoms with Crippen molar-refractivity contribution in [2.45, 2.75) is 96.7 Å². The Morgan fingerprint density at radius 1 is 0.650 bits per heavy atom. The van der Waals surface area contributed by atoms with E-state index in [-0.39, 0.29) is 0 Å². The molecule has 0 spiro atoms. The smallest absolute Gasteiger partial charge is 0.151 e. The van der Waals surface area contributed by atoms with E-state index in [1.54, 1.807) is 0 Å². The van der Waals surface area contributed by atoms with Crippen molar-refractivity contribution in [2.75, 3.05) is 13.1 Å². The van der Waals surface area contributed by atoms with E-state index in [0.717, 1.165) is 32.4 Å². The number of nitrogens with one attached hydrogen (secondary N) is 1. The second-order valence-electron chi connectivity index (χ2n) is 5.91. The zero-order valence-electron chi connectivity index (χ0n) is 13.6. The zero-order chi connectivity index (χ0) is 14.9. The molecule has 0 heterocycles. The van der Waals surface area contributed by atoms with Crippen LogP contribution in [0, 0.1) is 0 Å². The Labute approximate surface area is 126 Å². The van der Waals surface area contributed by atoms with Gasteiger partial charge in [0.1, 0.15) is 0 Å². The van der Waals surface area contributed by atoms with Crippen LogP contribution in [0.1, 0.15) is 90.4 Å². The third-order valence-electron chi connectivity index (χ3n) is 3.77. The standard InChI is InChI=1S/C17H37NO2/c1-2-3-4-5-6-7-8-9-12-15-18-16-13-10-11-14-17(19)20/h17-20H,2-16H2,1H3. The second kappa shape index (κ2) is 16.9. The van der Waals surface area contributed by atoms with Gasteiger partial charge in [-0.1, -0.05) is 64.7 Å². The van der Waals surface area contributed by atoms with Gasteiger partial charge in [0.15, 0.2) is 6.29 Å². The van der Waals surface area contributed by atoms with Crippen LogP contribution in [0.2, 0.25) is 0 Å². The van der Waals surface area contributed by atoms with Crippen LogP contribution < -0.4 is 5.32 Å². The first kappa shape index (κ1) is 19.9. The molecule has 0 aliphatic carbocycles. The van der Waals surface area contributed by atoms with Gasteiger partial charge in [0.2, 0.25) is 0 Å². The minimum atomic E-state index is -1.12. The van der Waals surface area contributed by atoms with Crippen molar-refractivity contribution >= 4 is 0 Å². The summed E-state index contributed by atoms with van der Waals surface area (Å²) in [4.78, 5) is 0. The Kier molecular flexibility index (Phi) is 16.8. The van der Waals surface area contributed by atoms with E-state index < -0.39 is 6.29 Å². The van der Waals surface area contributed by atoms with Crippen molar-refractivity contribution in [3.05, 3.63) is 0 Å². The SMILES string of the molecule is CCCCCCCCCCCNCCCCCC(O)O. The summed E-state index contributed by atoms with van der Waals surface area (Å²) in [5.74, 6) is 0. The summed E-state index contributed by atoms with van der Waals surface area (Å²) in [7, 11) is 0. The molecular weight excluding hydrogens is 250 g/mol. The molecule has 0 saturated carbocycles. The van der Waals surface area contributed by atoms with Gasteiger partial charge in [-0.15, -0.1) is 0 Å². The van der Waals surface area contributed by atoms with E-state index in [9.17, 15) is 0 Å². The average molecular weight is 287 g/mol. The van der Waals surface area contributed by atoms with Crippen molar-refractivity contribution < 1.29 is 10.2 Å². The monoisotopic (exact) mass is 287 g/mol. The number of hydrogen-bond donors (Lipinski definition) is 3. The second-order valence-corrected chi connectivity index (χ2v) is 5.91. The summed E-state index contributed by atoms with van der Waals surface area (Å²) < 4.78 is 0. The van der Waals surface area contributed by atoms with E-state index in [2.05, 4.69) is 12.2 Å². The van der Waals surface area contributed by atoms with Crippen LogP contribution in [0.5, 0.6) is 0 Å². The normalized spacial score (nSPS) is 11.4. The molecule has 0 aliphatic rings. The summed E-state index contributed by atoms with van der Waals surface area (Å²) in [6.07, 6.45) is 15.0. The summed E-state index contributed by atoms with van der Waals surface area (Å²) in [6, 6.07) is 0. The average Bonchev–Trinajstić information content (AvgIpc) is 2.43. The first-order valence-electron chi connectivity index (χ1n) is 8.84. The van der Waals surface area contributed by atoms with Crippen LogP contribution in [0.3, 0.4) is 0 Å². The molecule has 0 saturated heterocycles. The zero-order valence-corrected chi connectivity index (χ0v) is 13.6.